The van der Waals surface area contributed by atoms with Crippen molar-refractivity contribution in [2.24, 2.45) is 0 Å². The number of rotatable bonds is 3. The highest BCUT2D eigenvalue weighted by Crippen LogP contribution is 2.25. The van der Waals surface area contributed by atoms with Crippen LogP contribution in [0.1, 0.15) is 11.3 Å². The molecule has 1 aliphatic rings. The van der Waals surface area contributed by atoms with Crippen LogP contribution in [0.3, 0.4) is 0 Å². The fourth-order valence-corrected chi connectivity index (χ4v) is 2.83. The number of aryl methyl sites for hydroxylation is 1. The second kappa shape index (κ2) is 7.15. The van der Waals surface area contributed by atoms with Crippen LogP contribution in [0.5, 0.6) is 0 Å². The average Bonchev–Trinajstić information content (AvgIpc) is 2.88. The maximum atomic E-state index is 13.0. The smallest absolute Gasteiger partial charge is 0.246 e. The predicted molar refractivity (Wildman–Crippen MR) is 89.7 cm³/mol. The van der Waals surface area contributed by atoms with Gasteiger partial charge in [-0.2, -0.15) is 5.10 Å². The fourth-order valence-electron chi connectivity index (χ4n) is 2.50. The molecule has 126 valence electrons. The van der Waals surface area contributed by atoms with Gasteiger partial charge in [-0.3, -0.25) is 4.79 Å². The molecule has 24 heavy (non-hydrogen) atoms. The van der Waals surface area contributed by atoms with Crippen LogP contribution in [0.2, 0.25) is 5.15 Å². The van der Waals surface area contributed by atoms with Crippen molar-refractivity contribution in [2.45, 2.75) is 6.92 Å². The molecule has 2 heterocycles. The minimum absolute atomic E-state index is 0.0803. The molecular formula is C17H17ClFN3O2. The quantitative estimate of drug-likeness (QED) is 0.800. The Hall–Kier alpha value is -2.18. The molecule has 1 fully saturated rings. The Balaban J connectivity index is 1.82. The van der Waals surface area contributed by atoms with Crippen LogP contribution in [0.15, 0.2) is 30.3 Å². The first-order chi connectivity index (χ1) is 11.6. The number of hydrogen-bond donors (Lipinski definition) is 0. The Kier molecular flexibility index (Phi) is 4.97. The summed E-state index contributed by atoms with van der Waals surface area (Å²) >= 11 is 6.38. The molecular weight excluding hydrogens is 333 g/mol. The third-order valence-electron chi connectivity index (χ3n) is 3.83. The SMILES string of the molecule is Cc1nn(-c2ccc(F)cc2)c(Cl)c1/C=C/C(=O)N1CCOCC1. The lowest BCUT2D eigenvalue weighted by molar-refractivity contribution is -0.129. The monoisotopic (exact) mass is 349 g/mol. The number of halogens is 2. The van der Waals surface area contributed by atoms with Gasteiger partial charge < -0.3 is 9.64 Å². The van der Waals surface area contributed by atoms with Gasteiger partial charge >= 0.3 is 0 Å². The van der Waals surface area contributed by atoms with Crippen LogP contribution in [0.25, 0.3) is 11.8 Å². The van der Waals surface area contributed by atoms with Crippen molar-refractivity contribution < 1.29 is 13.9 Å². The predicted octanol–water partition coefficient (Wildman–Crippen LogP) is 2.85. The van der Waals surface area contributed by atoms with Crippen LogP contribution in [-0.4, -0.2) is 46.9 Å². The molecule has 0 bridgehead atoms. The first-order valence-corrected chi connectivity index (χ1v) is 8.00. The summed E-state index contributed by atoms with van der Waals surface area (Å²) < 4.78 is 19.8. The number of carbonyl (C=O) groups is 1. The molecule has 1 amide bonds. The van der Waals surface area contributed by atoms with Gasteiger partial charge in [-0.05, 0) is 37.3 Å². The third kappa shape index (κ3) is 3.49. The van der Waals surface area contributed by atoms with E-state index in [1.54, 1.807) is 23.1 Å². The molecule has 0 aliphatic carbocycles. The van der Waals surface area contributed by atoms with E-state index in [1.165, 1.54) is 22.9 Å². The highest BCUT2D eigenvalue weighted by molar-refractivity contribution is 6.31. The summed E-state index contributed by atoms with van der Waals surface area (Å²) in [4.78, 5) is 13.9. The lowest BCUT2D eigenvalue weighted by Gasteiger charge is -2.25. The molecule has 1 saturated heterocycles. The van der Waals surface area contributed by atoms with Crippen LogP contribution >= 0.6 is 11.6 Å². The van der Waals surface area contributed by atoms with E-state index in [4.69, 9.17) is 16.3 Å². The highest BCUT2D eigenvalue weighted by atomic mass is 35.5. The van der Waals surface area contributed by atoms with Crippen molar-refractivity contribution in [3.05, 3.63) is 52.6 Å². The molecule has 0 N–H and O–H groups in total. The van der Waals surface area contributed by atoms with Crippen molar-refractivity contribution in [3.63, 3.8) is 0 Å². The van der Waals surface area contributed by atoms with E-state index < -0.39 is 0 Å². The van der Waals surface area contributed by atoms with Crippen molar-refractivity contribution in [2.75, 3.05) is 26.3 Å². The number of morpholine rings is 1. The van der Waals surface area contributed by atoms with Gasteiger partial charge in [0.05, 0.1) is 24.6 Å². The second-order valence-electron chi connectivity index (χ2n) is 5.45. The zero-order valence-electron chi connectivity index (χ0n) is 13.2. The second-order valence-corrected chi connectivity index (χ2v) is 5.81. The molecule has 0 atom stereocenters. The molecule has 0 radical (unpaired) electrons. The Bertz CT molecular complexity index is 765. The summed E-state index contributed by atoms with van der Waals surface area (Å²) in [7, 11) is 0. The van der Waals surface area contributed by atoms with E-state index in [0.717, 1.165) is 0 Å². The van der Waals surface area contributed by atoms with Crippen LogP contribution in [-0.2, 0) is 9.53 Å². The number of amides is 1. The highest BCUT2D eigenvalue weighted by Gasteiger charge is 2.16. The minimum atomic E-state index is -0.324. The van der Waals surface area contributed by atoms with Crippen molar-refractivity contribution in [3.8, 4) is 5.69 Å². The summed E-state index contributed by atoms with van der Waals surface area (Å²) in [5, 5.41) is 4.75. The number of carbonyl (C=O) groups excluding carboxylic acids is 1. The Morgan fingerprint density at radius 1 is 1.29 bits per heavy atom. The zero-order chi connectivity index (χ0) is 17.1. The first-order valence-electron chi connectivity index (χ1n) is 7.62. The van der Waals surface area contributed by atoms with Crippen molar-refractivity contribution >= 4 is 23.6 Å². The van der Waals surface area contributed by atoms with Gasteiger partial charge in [0.1, 0.15) is 11.0 Å². The van der Waals surface area contributed by atoms with Gasteiger partial charge in [-0.15, -0.1) is 0 Å². The molecule has 3 rings (SSSR count). The summed E-state index contributed by atoms with van der Waals surface area (Å²) in [5.41, 5.74) is 2.02. The molecule has 2 aromatic rings. The summed E-state index contributed by atoms with van der Waals surface area (Å²) in [5.74, 6) is -0.404. The maximum absolute atomic E-state index is 13.0. The van der Waals surface area contributed by atoms with Crippen LogP contribution in [0.4, 0.5) is 4.39 Å². The number of hydrogen-bond acceptors (Lipinski definition) is 3. The van der Waals surface area contributed by atoms with E-state index in [-0.39, 0.29) is 11.7 Å². The number of nitrogens with zero attached hydrogens (tertiary/aromatic N) is 3. The van der Waals surface area contributed by atoms with E-state index in [2.05, 4.69) is 5.10 Å². The van der Waals surface area contributed by atoms with Crippen LogP contribution < -0.4 is 0 Å². The minimum Gasteiger partial charge on any atom is -0.378 e. The Morgan fingerprint density at radius 3 is 2.62 bits per heavy atom. The van der Waals surface area contributed by atoms with Crippen LogP contribution in [0, 0.1) is 12.7 Å². The zero-order valence-corrected chi connectivity index (χ0v) is 14.0. The van der Waals surface area contributed by atoms with Gasteiger partial charge in [0, 0.05) is 24.7 Å². The third-order valence-corrected chi connectivity index (χ3v) is 4.20. The van der Waals surface area contributed by atoms with Gasteiger partial charge in [0.2, 0.25) is 5.91 Å². The van der Waals surface area contributed by atoms with E-state index in [1.807, 2.05) is 6.92 Å². The van der Waals surface area contributed by atoms with Gasteiger partial charge in [-0.25, -0.2) is 9.07 Å². The van der Waals surface area contributed by atoms with Crippen molar-refractivity contribution in [1.29, 1.82) is 0 Å². The molecule has 7 heteroatoms. The lowest BCUT2D eigenvalue weighted by atomic mass is 10.2. The lowest BCUT2D eigenvalue weighted by Crippen LogP contribution is -2.39. The number of ether oxygens (including phenoxy) is 1. The van der Waals surface area contributed by atoms with Crippen molar-refractivity contribution in [1.82, 2.24) is 14.7 Å². The number of aromatic nitrogens is 2. The molecule has 0 saturated carbocycles. The normalized spacial score (nSPS) is 15.2. The number of benzene rings is 1. The topological polar surface area (TPSA) is 47.4 Å². The summed E-state index contributed by atoms with van der Waals surface area (Å²) in [6.45, 7) is 4.10. The standard InChI is InChI=1S/C17H17ClFN3O2/c1-12-15(6-7-16(23)21-8-10-24-11-9-21)17(18)22(20-12)14-4-2-13(19)3-5-14/h2-7H,8-11H2,1H3/b7-6+. The Morgan fingerprint density at radius 2 is 1.96 bits per heavy atom. The largest absolute Gasteiger partial charge is 0.378 e. The average molecular weight is 350 g/mol. The molecule has 5 nitrogen and oxygen atoms in total. The first kappa shape index (κ1) is 16.7. The fraction of sp³-hybridized carbons (Fsp3) is 0.294. The van der Waals surface area contributed by atoms with Gasteiger partial charge in [0.15, 0.2) is 0 Å². The molecule has 1 aromatic carbocycles. The summed E-state index contributed by atoms with van der Waals surface area (Å²) in [6, 6.07) is 5.89. The molecule has 0 unspecified atom stereocenters. The van der Waals surface area contributed by atoms with Gasteiger partial charge in [-0.1, -0.05) is 11.6 Å². The van der Waals surface area contributed by atoms with Gasteiger partial charge in [0.25, 0.3) is 0 Å². The van der Waals surface area contributed by atoms with E-state index in [9.17, 15) is 9.18 Å². The van der Waals surface area contributed by atoms with E-state index in [0.29, 0.717) is 48.4 Å². The maximum Gasteiger partial charge on any atom is 0.246 e. The summed E-state index contributed by atoms with van der Waals surface area (Å²) in [6.07, 6.45) is 3.17. The molecule has 1 aliphatic heterocycles. The Labute approximate surface area is 144 Å². The van der Waals surface area contributed by atoms with E-state index >= 15 is 0 Å². The molecule has 1 aromatic heterocycles. The molecule has 0 spiro atoms.